The van der Waals surface area contributed by atoms with E-state index in [0.717, 1.165) is 10.1 Å². The van der Waals surface area contributed by atoms with Gasteiger partial charge in [0.1, 0.15) is 28.8 Å². The third kappa shape index (κ3) is 3.72. The smallest absolute Gasteiger partial charge is 0.342 e. The van der Waals surface area contributed by atoms with E-state index < -0.39 is 11.5 Å². The van der Waals surface area contributed by atoms with Gasteiger partial charge in [0.2, 0.25) is 0 Å². The van der Waals surface area contributed by atoms with Gasteiger partial charge in [-0.3, -0.25) is 9.89 Å². The van der Waals surface area contributed by atoms with Crippen LogP contribution in [-0.2, 0) is 11.2 Å². The van der Waals surface area contributed by atoms with Gasteiger partial charge in [0.25, 0.3) is 5.56 Å². The number of pyridine rings is 1. The van der Waals surface area contributed by atoms with E-state index in [0.29, 0.717) is 23.6 Å². The zero-order valence-corrected chi connectivity index (χ0v) is 17.6. The molecule has 4 aromatic rings. The number of aromatic amines is 1. The molecule has 0 spiro atoms. The summed E-state index contributed by atoms with van der Waals surface area (Å²) in [5.74, 6) is 0.423. The Balaban J connectivity index is 2.00. The van der Waals surface area contributed by atoms with Crippen LogP contribution in [0.3, 0.4) is 0 Å². The Morgan fingerprint density at radius 1 is 1.16 bits per heavy atom. The minimum absolute atomic E-state index is 0.0590. The molecule has 0 atom stereocenters. The molecule has 0 aliphatic heterocycles. The highest BCUT2D eigenvalue weighted by atomic mass is 16.5. The van der Waals surface area contributed by atoms with E-state index in [1.165, 1.54) is 7.11 Å². The Morgan fingerprint density at radius 2 is 1.88 bits per heavy atom. The number of nitrogens with one attached hydrogen (secondary N) is 1. The third-order valence-electron chi connectivity index (χ3n) is 5.02. The lowest BCUT2D eigenvalue weighted by atomic mass is 9.96. The summed E-state index contributed by atoms with van der Waals surface area (Å²) in [7, 11) is 1.54. The number of nitriles is 1. The van der Waals surface area contributed by atoms with Gasteiger partial charge in [-0.1, -0.05) is 42.5 Å². The number of benzene rings is 2. The van der Waals surface area contributed by atoms with E-state index in [4.69, 9.17) is 9.47 Å². The van der Waals surface area contributed by atoms with Crippen molar-refractivity contribution in [1.29, 1.82) is 5.26 Å². The summed E-state index contributed by atoms with van der Waals surface area (Å²) >= 11 is 0. The SMILES string of the molecule is CCOC(=O)c1c(-c2ccc(OC)cc2)c(C#N)c(=O)n2[nH]c(Cc3ccccc3)nc12. The van der Waals surface area contributed by atoms with Gasteiger partial charge >= 0.3 is 5.97 Å². The van der Waals surface area contributed by atoms with Crippen LogP contribution in [0.25, 0.3) is 16.8 Å². The maximum absolute atomic E-state index is 13.2. The molecule has 0 amide bonds. The molecular weight excluding hydrogens is 408 g/mol. The minimum Gasteiger partial charge on any atom is -0.497 e. The zero-order valence-electron chi connectivity index (χ0n) is 17.6. The van der Waals surface area contributed by atoms with E-state index >= 15 is 0 Å². The molecule has 2 aromatic heterocycles. The molecule has 8 heteroatoms. The first-order chi connectivity index (χ1) is 15.6. The summed E-state index contributed by atoms with van der Waals surface area (Å²) in [5, 5.41) is 12.8. The van der Waals surface area contributed by atoms with Crippen molar-refractivity contribution >= 4 is 11.6 Å². The van der Waals surface area contributed by atoms with Crippen LogP contribution in [0.15, 0.2) is 59.4 Å². The zero-order chi connectivity index (χ0) is 22.7. The number of fused-ring (bicyclic) bond motifs is 1. The van der Waals surface area contributed by atoms with Gasteiger partial charge in [0, 0.05) is 12.0 Å². The molecule has 0 saturated carbocycles. The van der Waals surface area contributed by atoms with Gasteiger partial charge in [-0.05, 0) is 30.2 Å². The van der Waals surface area contributed by atoms with Crippen molar-refractivity contribution in [1.82, 2.24) is 14.6 Å². The van der Waals surface area contributed by atoms with Crippen LogP contribution < -0.4 is 10.3 Å². The predicted molar refractivity (Wildman–Crippen MR) is 118 cm³/mol. The highest BCUT2D eigenvalue weighted by Crippen LogP contribution is 2.30. The average Bonchev–Trinajstić information content (AvgIpc) is 3.23. The lowest BCUT2D eigenvalue weighted by molar-refractivity contribution is 0.0528. The summed E-state index contributed by atoms with van der Waals surface area (Å²) in [5.41, 5.74) is 1.09. The van der Waals surface area contributed by atoms with Crippen LogP contribution >= 0.6 is 0 Å². The molecule has 0 aliphatic carbocycles. The molecule has 8 nitrogen and oxygen atoms in total. The first-order valence-electron chi connectivity index (χ1n) is 10.0. The first kappa shape index (κ1) is 20.9. The quantitative estimate of drug-likeness (QED) is 0.472. The molecule has 160 valence electrons. The van der Waals surface area contributed by atoms with Crippen LogP contribution in [0, 0.1) is 11.3 Å². The second-order valence-corrected chi connectivity index (χ2v) is 6.98. The number of rotatable bonds is 6. The first-order valence-corrected chi connectivity index (χ1v) is 10.0. The van der Waals surface area contributed by atoms with Gasteiger partial charge < -0.3 is 9.47 Å². The van der Waals surface area contributed by atoms with Crippen molar-refractivity contribution in [2.75, 3.05) is 13.7 Å². The summed E-state index contributed by atoms with van der Waals surface area (Å²) in [4.78, 5) is 30.7. The normalized spacial score (nSPS) is 10.7. The number of carbonyl (C=O) groups is 1. The average molecular weight is 428 g/mol. The van der Waals surface area contributed by atoms with Crippen molar-refractivity contribution in [3.8, 4) is 22.9 Å². The Morgan fingerprint density at radius 3 is 2.50 bits per heavy atom. The van der Waals surface area contributed by atoms with Crippen molar-refractivity contribution in [2.45, 2.75) is 13.3 Å². The van der Waals surface area contributed by atoms with Crippen molar-refractivity contribution < 1.29 is 14.3 Å². The number of hydrogen-bond acceptors (Lipinski definition) is 6. The molecule has 2 heterocycles. The monoisotopic (exact) mass is 428 g/mol. The largest absolute Gasteiger partial charge is 0.497 e. The molecular formula is C24H20N4O4. The number of aromatic nitrogens is 3. The van der Waals surface area contributed by atoms with Gasteiger partial charge in [0.15, 0.2) is 5.65 Å². The fourth-order valence-electron chi connectivity index (χ4n) is 3.57. The number of carbonyl (C=O) groups excluding carboxylic acids is 1. The Hall–Kier alpha value is -4.38. The lowest BCUT2D eigenvalue weighted by Crippen LogP contribution is -2.23. The minimum atomic E-state index is -0.662. The van der Waals surface area contributed by atoms with Crippen LogP contribution in [0.5, 0.6) is 5.75 Å². The molecule has 1 N–H and O–H groups in total. The topological polar surface area (TPSA) is 109 Å². The summed E-state index contributed by atoms with van der Waals surface area (Å²) in [6.45, 7) is 1.82. The lowest BCUT2D eigenvalue weighted by Gasteiger charge is -2.12. The Kier molecular flexibility index (Phi) is 5.73. The maximum atomic E-state index is 13.2. The molecule has 32 heavy (non-hydrogen) atoms. The molecule has 4 rings (SSSR count). The fourth-order valence-corrected chi connectivity index (χ4v) is 3.57. The van der Waals surface area contributed by atoms with Gasteiger partial charge in [0.05, 0.1) is 13.7 Å². The number of methoxy groups -OCH3 is 1. The maximum Gasteiger partial charge on any atom is 0.342 e. The fraction of sp³-hybridized carbons (Fsp3) is 0.167. The molecule has 0 unspecified atom stereocenters. The number of ether oxygens (including phenoxy) is 2. The van der Waals surface area contributed by atoms with E-state index in [9.17, 15) is 14.9 Å². The molecule has 0 radical (unpaired) electrons. The van der Waals surface area contributed by atoms with Crippen LogP contribution in [-0.4, -0.2) is 34.3 Å². The van der Waals surface area contributed by atoms with Gasteiger partial charge in [-0.25, -0.2) is 9.78 Å². The Bertz CT molecular complexity index is 1380. The van der Waals surface area contributed by atoms with E-state index in [-0.39, 0.29) is 28.9 Å². The second-order valence-electron chi connectivity index (χ2n) is 6.98. The second kappa shape index (κ2) is 8.78. The highest BCUT2D eigenvalue weighted by Gasteiger charge is 2.27. The van der Waals surface area contributed by atoms with Crippen molar-refractivity contribution in [3.63, 3.8) is 0 Å². The van der Waals surface area contributed by atoms with E-state index in [1.807, 2.05) is 36.4 Å². The Labute approximate surface area is 183 Å². The summed E-state index contributed by atoms with van der Waals surface area (Å²) < 4.78 is 11.6. The summed E-state index contributed by atoms with van der Waals surface area (Å²) in [6.07, 6.45) is 0.421. The van der Waals surface area contributed by atoms with Crippen LogP contribution in [0.2, 0.25) is 0 Å². The van der Waals surface area contributed by atoms with Gasteiger partial charge in [-0.15, -0.1) is 0 Å². The molecule has 0 aliphatic rings. The molecule has 0 bridgehead atoms. The van der Waals surface area contributed by atoms with E-state index in [1.54, 1.807) is 31.2 Å². The van der Waals surface area contributed by atoms with Gasteiger partial charge in [-0.2, -0.15) is 9.78 Å². The number of esters is 1. The number of nitrogens with zero attached hydrogens (tertiary/aromatic N) is 3. The van der Waals surface area contributed by atoms with E-state index in [2.05, 4.69) is 10.1 Å². The third-order valence-corrected chi connectivity index (χ3v) is 5.02. The molecule has 0 fully saturated rings. The number of H-pyrrole nitrogens is 1. The van der Waals surface area contributed by atoms with Crippen molar-refractivity contribution in [3.05, 3.63) is 87.5 Å². The molecule has 0 saturated heterocycles. The van der Waals surface area contributed by atoms with Crippen LogP contribution in [0.1, 0.15) is 34.2 Å². The van der Waals surface area contributed by atoms with Crippen molar-refractivity contribution in [2.24, 2.45) is 0 Å². The van der Waals surface area contributed by atoms with Crippen LogP contribution in [0.4, 0.5) is 0 Å². The molecule has 2 aromatic carbocycles. The summed E-state index contributed by atoms with van der Waals surface area (Å²) in [6, 6.07) is 18.3. The predicted octanol–water partition coefficient (Wildman–Crippen LogP) is 3.34. The highest BCUT2D eigenvalue weighted by molar-refractivity contribution is 6.04. The number of hydrogen-bond donors (Lipinski definition) is 1. The standard InChI is InChI=1S/C24H20N4O4/c1-3-32-24(30)21-20(16-9-11-17(31-2)12-10-16)18(14-25)23(29)28-22(21)26-19(27-28)13-15-7-5-4-6-8-15/h4-12H,3,13H2,1-2H3,(H,26,27).